The molecule has 0 aliphatic carbocycles. The quantitative estimate of drug-likeness (QED) is 0.871. The molecule has 0 aliphatic heterocycles. The van der Waals surface area contributed by atoms with Crippen molar-refractivity contribution in [3.8, 4) is 11.5 Å². The molecule has 0 aliphatic rings. The zero-order valence-corrected chi connectivity index (χ0v) is 11.7. The summed E-state index contributed by atoms with van der Waals surface area (Å²) in [7, 11) is 3.20. The van der Waals surface area contributed by atoms with Gasteiger partial charge in [0, 0.05) is 12.1 Å². The maximum absolute atomic E-state index is 5.90. The molecule has 0 spiro atoms. The summed E-state index contributed by atoms with van der Waals surface area (Å²) in [6, 6.07) is 7.12. The summed E-state index contributed by atoms with van der Waals surface area (Å²) in [4.78, 5) is 8.26. The van der Waals surface area contributed by atoms with Crippen LogP contribution in [-0.4, -0.2) is 24.2 Å². The lowest BCUT2D eigenvalue weighted by atomic mass is 10.2. The Labute approximate surface area is 116 Å². The minimum absolute atomic E-state index is 0.391. The number of hydrogen-bond acceptors (Lipinski definition) is 5. The van der Waals surface area contributed by atoms with Gasteiger partial charge in [0.05, 0.1) is 19.9 Å². The van der Waals surface area contributed by atoms with E-state index in [2.05, 4.69) is 15.3 Å². The van der Waals surface area contributed by atoms with Crippen molar-refractivity contribution >= 4 is 23.1 Å². The Kier molecular flexibility index (Phi) is 4.06. The van der Waals surface area contributed by atoms with Crippen molar-refractivity contribution in [3.63, 3.8) is 0 Å². The van der Waals surface area contributed by atoms with Crippen LogP contribution in [0, 0.1) is 6.92 Å². The van der Waals surface area contributed by atoms with Crippen molar-refractivity contribution < 1.29 is 9.47 Å². The van der Waals surface area contributed by atoms with Crippen molar-refractivity contribution in [2.45, 2.75) is 6.92 Å². The molecular formula is C13H14ClN3O2. The maximum atomic E-state index is 5.90. The average molecular weight is 280 g/mol. The summed E-state index contributed by atoms with van der Waals surface area (Å²) >= 11 is 5.90. The molecular weight excluding hydrogens is 266 g/mol. The highest BCUT2D eigenvalue weighted by Crippen LogP contribution is 2.31. The fraction of sp³-hybridized carbons (Fsp3) is 0.231. The van der Waals surface area contributed by atoms with Crippen LogP contribution in [0.5, 0.6) is 11.5 Å². The first kappa shape index (κ1) is 13.4. The van der Waals surface area contributed by atoms with Gasteiger partial charge in [-0.05, 0) is 19.1 Å². The number of methoxy groups -OCH3 is 2. The molecule has 5 nitrogen and oxygen atoms in total. The zero-order valence-electron chi connectivity index (χ0n) is 10.9. The largest absolute Gasteiger partial charge is 0.497 e. The van der Waals surface area contributed by atoms with Crippen molar-refractivity contribution in [2.75, 3.05) is 19.5 Å². The third-order valence-corrected chi connectivity index (χ3v) is 2.67. The Morgan fingerprint density at radius 1 is 1.11 bits per heavy atom. The molecule has 0 saturated heterocycles. The number of nitrogens with zero attached hydrogens (tertiary/aromatic N) is 2. The first-order valence-electron chi connectivity index (χ1n) is 5.62. The predicted octanol–water partition coefficient (Wildman–Crippen LogP) is 3.20. The molecule has 0 radical (unpaired) electrons. The zero-order chi connectivity index (χ0) is 13.8. The monoisotopic (exact) mass is 279 g/mol. The second kappa shape index (κ2) is 5.75. The van der Waals surface area contributed by atoms with Crippen molar-refractivity contribution in [3.05, 3.63) is 35.2 Å². The van der Waals surface area contributed by atoms with E-state index < -0.39 is 0 Å². The van der Waals surface area contributed by atoms with Crippen molar-refractivity contribution in [2.24, 2.45) is 0 Å². The van der Waals surface area contributed by atoms with E-state index in [1.807, 2.05) is 12.1 Å². The van der Waals surface area contributed by atoms with Crippen molar-refractivity contribution in [1.29, 1.82) is 0 Å². The molecule has 1 N–H and O–H groups in total. The van der Waals surface area contributed by atoms with E-state index >= 15 is 0 Å². The number of aromatic nitrogens is 2. The summed E-state index contributed by atoms with van der Waals surface area (Å²) in [5.41, 5.74) is 0.775. The number of benzene rings is 1. The fourth-order valence-corrected chi connectivity index (χ4v) is 1.86. The summed E-state index contributed by atoms with van der Waals surface area (Å²) < 4.78 is 10.4. The molecule has 1 aromatic carbocycles. The van der Waals surface area contributed by atoms with Gasteiger partial charge in [0.15, 0.2) is 0 Å². The first-order chi connectivity index (χ1) is 9.12. The summed E-state index contributed by atoms with van der Waals surface area (Å²) in [5, 5.41) is 3.53. The van der Waals surface area contributed by atoms with Gasteiger partial charge in [-0.1, -0.05) is 11.6 Å². The molecule has 1 aromatic heterocycles. The summed E-state index contributed by atoms with van der Waals surface area (Å²) in [6.45, 7) is 1.78. The lowest BCUT2D eigenvalue weighted by Gasteiger charge is -2.12. The molecule has 1 heterocycles. The highest BCUT2D eigenvalue weighted by molar-refractivity contribution is 6.29. The molecule has 2 rings (SSSR count). The summed E-state index contributed by atoms with van der Waals surface area (Å²) in [6.07, 6.45) is 0. The Hall–Kier alpha value is -2.01. The standard InChI is InChI=1S/C13H14ClN3O2/c1-8-15-12(14)7-13(16-8)17-10-5-4-9(18-2)6-11(10)19-3/h4-7H,1-3H3,(H,15,16,17). The number of halogens is 1. The smallest absolute Gasteiger partial charge is 0.146 e. The lowest BCUT2D eigenvalue weighted by molar-refractivity contribution is 0.395. The van der Waals surface area contributed by atoms with Crippen LogP contribution in [0.15, 0.2) is 24.3 Å². The minimum atomic E-state index is 0.391. The third-order valence-electron chi connectivity index (χ3n) is 2.48. The van der Waals surface area contributed by atoms with Crippen LogP contribution in [0.25, 0.3) is 0 Å². The molecule has 0 atom stereocenters. The van der Waals surface area contributed by atoms with Gasteiger partial charge in [-0.3, -0.25) is 0 Å². The van der Waals surface area contributed by atoms with Crippen LogP contribution in [0.4, 0.5) is 11.5 Å². The Morgan fingerprint density at radius 2 is 1.89 bits per heavy atom. The molecule has 19 heavy (non-hydrogen) atoms. The van der Waals surface area contributed by atoms with Crippen LogP contribution >= 0.6 is 11.6 Å². The van der Waals surface area contributed by atoms with E-state index in [0.29, 0.717) is 22.5 Å². The highest BCUT2D eigenvalue weighted by Gasteiger charge is 2.07. The fourth-order valence-electron chi connectivity index (χ4n) is 1.64. The van der Waals surface area contributed by atoms with E-state index in [0.717, 1.165) is 11.4 Å². The van der Waals surface area contributed by atoms with Crippen LogP contribution in [0.2, 0.25) is 5.15 Å². The Bertz CT molecular complexity index is 570. The SMILES string of the molecule is COc1ccc(Nc2cc(Cl)nc(C)n2)c(OC)c1. The molecule has 2 aromatic rings. The molecule has 0 saturated carbocycles. The van der Waals surface area contributed by atoms with Crippen LogP contribution in [0.1, 0.15) is 5.82 Å². The topological polar surface area (TPSA) is 56.3 Å². The number of anilines is 2. The van der Waals surface area contributed by atoms with Gasteiger partial charge in [-0.25, -0.2) is 9.97 Å². The van der Waals surface area contributed by atoms with E-state index in [1.54, 1.807) is 33.3 Å². The second-order valence-corrected chi connectivity index (χ2v) is 4.20. The predicted molar refractivity (Wildman–Crippen MR) is 74.6 cm³/mol. The van der Waals surface area contributed by atoms with Gasteiger partial charge in [0.1, 0.15) is 28.3 Å². The summed E-state index contributed by atoms with van der Waals surface area (Å²) in [5.74, 6) is 2.59. The molecule has 0 bridgehead atoms. The van der Waals surface area contributed by atoms with Crippen LogP contribution in [-0.2, 0) is 0 Å². The number of ether oxygens (including phenoxy) is 2. The molecule has 100 valence electrons. The molecule has 0 unspecified atom stereocenters. The van der Waals surface area contributed by atoms with E-state index in [-0.39, 0.29) is 0 Å². The molecule has 6 heteroatoms. The van der Waals surface area contributed by atoms with Gasteiger partial charge in [-0.2, -0.15) is 0 Å². The number of hydrogen-bond donors (Lipinski definition) is 1. The second-order valence-electron chi connectivity index (χ2n) is 3.81. The maximum Gasteiger partial charge on any atom is 0.146 e. The number of rotatable bonds is 4. The third kappa shape index (κ3) is 3.26. The molecule has 0 amide bonds. The number of nitrogens with one attached hydrogen (secondary N) is 1. The average Bonchev–Trinajstić information content (AvgIpc) is 2.38. The van der Waals surface area contributed by atoms with Gasteiger partial charge in [0.2, 0.25) is 0 Å². The van der Waals surface area contributed by atoms with Crippen molar-refractivity contribution in [1.82, 2.24) is 9.97 Å². The van der Waals surface area contributed by atoms with Gasteiger partial charge in [0.25, 0.3) is 0 Å². The highest BCUT2D eigenvalue weighted by atomic mass is 35.5. The minimum Gasteiger partial charge on any atom is -0.497 e. The van der Waals surface area contributed by atoms with E-state index in [1.165, 1.54) is 0 Å². The molecule has 0 fully saturated rings. The number of aryl methyl sites for hydroxylation is 1. The Balaban J connectivity index is 2.32. The van der Waals surface area contributed by atoms with E-state index in [9.17, 15) is 0 Å². The van der Waals surface area contributed by atoms with Gasteiger partial charge < -0.3 is 14.8 Å². The lowest BCUT2D eigenvalue weighted by Crippen LogP contribution is -1.99. The van der Waals surface area contributed by atoms with Crippen LogP contribution in [0.3, 0.4) is 0 Å². The first-order valence-corrected chi connectivity index (χ1v) is 6.00. The Morgan fingerprint density at radius 3 is 2.53 bits per heavy atom. The van der Waals surface area contributed by atoms with Gasteiger partial charge >= 0.3 is 0 Å². The normalized spacial score (nSPS) is 10.1. The van der Waals surface area contributed by atoms with Crippen LogP contribution < -0.4 is 14.8 Å². The van der Waals surface area contributed by atoms with Gasteiger partial charge in [-0.15, -0.1) is 0 Å². The van der Waals surface area contributed by atoms with E-state index in [4.69, 9.17) is 21.1 Å².